The molecular formula is C21H27F8NO2Si. The summed E-state index contributed by atoms with van der Waals surface area (Å²) in [5.74, 6) is -12.5. The fraction of sp³-hybridized carbons (Fsp3) is 0.571. The van der Waals surface area contributed by atoms with E-state index in [4.69, 9.17) is 0 Å². The van der Waals surface area contributed by atoms with Crippen molar-refractivity contribution in [3.63, 3.8) is 0 Å². The molecule has 0 N–H and O–H groups in total. The van der Waals surface area contributed by atoms with E-state index in [1.165, 1.54) is 5.19 Å². The van der Waals surface area contributed by atoms with Gasteiger partial charge in [0.15, 0.2) is 0 Å². The average molecular weight is 506 g/mol. The fourth-order valence-electron chi connectivity index (χ4n) is 3.19. The average Bonchev–Trinajstić information content (AvgIpc) is 2.71. The molecular weight excluding hydrogens is 478 g/mol. The minimum absolute atomic E-state index is 0.154. The molecule has 0 aliphatic heterocycles. The Morgan fingerprint density at radius 3 is 2.21 bits per heavy atom. The zero-order chi connectivity index (χ0) is 25.7. The van der Waals surface area contributed by atoms with E-state index < -0.39 is 38.1 Å². The number of alkyl halides is 7. The molecule has 0 radical (unpaired) electrons. The Labute approximate surface area is 188 Å². The molecule has 2 unspecified atom stereocenters. The summed E-state index contributed by atoms with van der Waals surface area (Å²) < 4.78 is 104. The molecule has 0 saturated heterocycles. The minimum atomic E-state index is -6.42. The molecule has 2 atom stereocenters. The standard InChI is InChI=1S/C21H27F8NO2Si/c1-5-33(3,4)16-12-9-11-15(14-16)10-7-6-8-13-30(2)18(31)17(20(23,24)25)19(22,32-29)21(26,27)28/h5,9,11-12,14,17H,1,6-8,10,13H2,2-4H3. The summed E-state index contributed by atoms with van der Waals surface area (Å²) in [6, 6.07) is 7.92. The molecule has 0 heterocycles. The molecule has 1 aromatic rings. The van der Waals surface area contributed by atoms with Crippen molar-refractivity contribution in [2.24, 2.45) is 5.92 Å². The number of benzene rings is 1. The van der Waals surface area contributed by atoms with Crippen LogP contribution in [0.5, 0.6) is 0 Å². The second-order valence-electron chi connectivity index (χ2n) is 8.39. The first-order chi connectivity index (χ1) is 15.0. The van der Waals surface area contributed by atoms with Gasteiger partial charge in [0.1, 0.15) is 8.07 Å². The second kappa shape index (κ2) is 11.0. The number of aryl methyl sites for hydroxylation is 1. The van der Waals surface area contributed by atoms with Crippen LogP contribution >= 0.6 is 0 Å². The summed E-state index contributed by atoms with van der Waals surface area (Å²) in [4.78, 5) is 14.3. The monoisotopic (exact) mass is 505 g/mol. The highest BCUT2D eigenvalue weighted by Crippen LogP contribution is 2.48. The van der Waals surface area contributed by atoms with Gasteiger partial charge in [-0.25, -0.2) is 0 Å². The molecule has 33 heavy (non-hydrogen) atoms. The third-order valence-electron chi connectivity index (χ3n) is 5.46. The summed E-state index contributed by atoms with van der Waals surface area (Å²) in [6.45, 7) is 7.76. The second-order valence-corrected chi connectivity index (χ2v) is 12.8. The summed E-state index contributed by atoms with van der Waals surface area (Å²) in [5, 5.41) is 1.19. The van der Waals surface area contributed by atoms with Crippen LogP contribution in [0.4, 0.5) is 35.3 Å². The number of rotatable bonds is 11. The van der Waals surface area contributed by atoms with Gasteiger partial charge in [-0.15, -0.1) is 11.5 Å². The highest BCUT2D eigenvalue weighted by Gasteiger charge is 2.74. The van der Waals surface area contributed by atoms with Crippen molar-refractivity contribution < 1.29 is 45.0 Å². The van der Waals surface area contributed by atoms with Crippen molar-refractivity contribution in [3.8, 4) is 0 Å². The number of carbonyl (C=O) groups is 1. The van der Waals surface area contributed by atoms with Crippen LogP contribution in [0.1, 0.15) is 24.8 Å². The van der Waals surface area contributed by atoms with Gasteiger partial charge in [0.25, 0.3) is 0 Å². The Bertz CT molecular complexity index is 812. The number of unbranched alkanes of at least 4 members (excludes halogenated alkanes) is 2. The highest BCUT2D eigenvalue weighted by molar-refractivity contribution is 6.93. The first-order valence-electron chi connectivity index (χ1n) is 10.1. The van der Waals surface area contributed by atoms with E-state index in [-0.39, 0.29) is 13.0 Å². The Kier molecular flexibility index (Phi) is 9.68. The predicted octanol–water partition coefficient (Wildman–Crippen LogP) is 5.81. The van der Waals surface area contributed by atoms with Crippen LogP contribution in [0.15, 0.2) is 36.5 Å². The van der Waals surface area contributed by atoms with Crippen molar-refractivity contribution in [3.05, 3.63) is 42.1 Å². The van der Waals surface area contributed by atoms with Gasteiger partial charge in [-0.3, -0.25) is 4.79 Å². The third-order valence-corrected chi connectivity index (χ3v) is 8.28. The van der Waals surface area contributed by atoms with Gasteiger partial charge in [0.2, 0.25) is 11.8 Å². The lowest BCUT2D eigenvalue weighted by Gasteiger charge is -2.33. The van der Waals surface area contributed by atoms with Gasteiger partial charge in [0.05, 0.1) is 0 Å². The van der Waals surface area contributed by atoms with Crippen molar-refractivity contribution in [2.75, 3.05) is 13.6 Å². The van der Waals surface area contributed by atoms with Crippen molar-refractivity contribution in [1.82, 2.24) is 4.90 Å². The zero-order valence-electron chi connectivity index (χ0n) is 18.5. The summed E-state index contributed by atoms with van der Waals surface area (Å²) in [7, 11) is -0.952. The van der Waals surface area contributed by atoms with Gasteiger partial charge in [0, 0.05) is 13.6 Å². The maximum absolute atomic E-state index is 13.9. The molecule has 1 rings (SSSR count). The summed E-state index contributed by atoms with van der Waals surface area (Å²) in [5.41, 5.74) is 3.00. The van der Waals surface area contributed by atoms with Crippen molar-refractivity contribution in [1.29, 1.82) is 0 Å². The maximum Gasteiger partial charge on any atom is 0.452 e. The SMILES string of the molecule is C=C[Si](C)(C)c1cccc(CCCCCN(C)C(=O)C(C(F)(F)F)C(F)(OF)C(F)(F)F)c1. The lowest BCUT2D eigenvalue weighted by Crippen LogP contribution is -2.59. The number of halogens is 8. The first kappa shape index (κ1) is 29.1. The third kappa shape index (κ3) is 7.26. The van der Waals surface area contributed by atoms with Crippen LogP contribution in [0.3, 0.4) is 0 Å². The minimum Gasteiger partial charge on any atom is -0.345 e. The van der Waals surface area contributed by atoms with Crippen LogP contribution in [-0.4, -0.2) is 50.7 Å². The zero-order valence-corrected chi connectivity index (χ0v) is 19.5. The lowest BCUT2D eigenvalue weighted by atomic mass is 9.96. The number of nitrogens with zero attached hydrogens (tertiary/aromatic N) is 1. The molecule has 0 fully saturated rings. The largest absolute Gasteiger partial charge is 0.452 e. The van der Waals surface area contributed by atoms with Crippen LogP contribution in [0, 0.1) is 5.92 Å². The topological polar surface area (TPSA) is 29.5 Å². The molecule has 12 heteroatoms. The van der Waals surface area contributed by atoms with Gasteiger partial charge in [-0.1, -0.05) is 54.7 Å². The molecule has 0 aliphatic carbocycles. The normalized spacial score (nSPS) is 15.6. The van der Waals surface area contributed by atoms with Gasteiger partial charge < -0.3 is 4.90 Å². The Morgan fingerprint density at radius 2 is 1.73 bits per heavy atom. The van der Waals surface area contributed by atoms with E-state index in [0.717, 1.165) is 12.6 Å². The number of hydrogen-bond donors (Lipinski definition) is 0. The van der Waals surface area contributed by atoms with Crippen LogP contribution in [0.25, 0.3) is 0 Å². The molecule has 0 bridgehead atoms. The number of carbonyl (C=O) groups excluding carboxylic acids is 1. The molecule has 0 saturated carbocycles. The Hall–Kier alpha value is -1.95. The van der Waals surface area contributed by atoms with E-state index in [2.05, 4.69) is 25.7 Å². The molecule has 1 aromatic carbocycles. The van der Waals surface area contributed by atoms with Gasteiger partial charge in [-0.05, 0) is 29.4 Å². The first-order valence-corrected chi connectivity index (χ1v) is 13.2. The van der Waals surface area contributed by atoms with E-state index in [9.17, 15) is 40.1 Å². The van der Waals surface area contributed by atoms with Crippen LogP contribution < -0.4 is 5.19 Å². The smallest absolute Gasteiger partial charge is 0.345 e. The molecule has 0 aliphatic rings. The van der Waals surface area contributed by atoms with Gasteiger partial charge >= 0.3 is 18.2 Å². The Morgan fingerprint density at radius 1 is 1.12 bits per heavy atom. The predicted molar refractivity (Wildman–Crippen MR) is 111 cm³/mol. The van der Waals surface area contributed by atoms with Crippen molar-refractivity contribution >= 4 is 19.2 Å². The maximum atomic E-state index is 13.9. The molecule has 3 nitrogen and oxygen atoms in total. The fourth-order valence-corrected chi connectivity index (χ4v) is 4.51. The van der Waals surface area contributed by atoms with E-state index in [0.29, 0.717) is 24.2 Å². The van der Waals surface area contributed by atoms with E-state index >= 15 is 0 Å². The summed E-state index contributed by atoms with van der Waals surface area (Å²) in [6.07, 6.45) is -10.6. The molecule has 0 aromatic heterocycles. The van der Waals surface area contributed by atoms with Gasteiger partial charge in [-0.2, -0.15) is 30.7 Å². The summed E-state index contributed by atoms with van der Waals surface area (Å²) >= 11 is 0. The lowest BCUT2D eigenvalue weighted by molar-refractivity contribution is -0.436. The molecule has 0 spiro atoms. The number of hydrogen-bond acceptors (Lipinski definition) is 2. The molecule has 188 valence electrons. The van der Waals surface area contributed by atoms with E-state index in [1.54, 1.807) is 0 Å². The quantitative estimate of drug-likeness (QED) is 0.216. The molecule has 1 amide bonds. The number of amides is 1. The van der Waals surface area contributed by atoms with Crippen molar-refractivity contribution in [2.45, 2.75) is 57.0 Å². The van der Waals surface area contributed by atoms with E-state index in [1.807, 2.05) is 28.8 Å². The van der Waals surface area contributed by atoms with Crippen LogP contribution in [-0.2, 0) is 16.2 Å². The highest BCUT2D eigenvalue weighted by atomic mass is 28.3. The Balaban J connectivity index is 2.73. The van der Waals surface area contributed by atoms with Crippen LogP contribution in [0.2, 0.25) is 13.1 Å².